The Kier molecular flexibility index (Phi) is 5.56. The van der Waals surface area contributed by atoms with Crippen LogP contribution in [-0.4, -0.2) is 46.8 Å². The van der Waals surface area contributed by atoms with Crippen molar-refractivity contribution in [1.82, 2.24) is 14.7 Å². The number of hydrogen-bond acceptors (Lipinski definition) is 5. The normalized spacial score (nSPS) is 12.2. The van der Waals surface area contributed by atoms with Gasteiger partial charge in [0.05, 0.1) is 5.39 Å². The van der Waals surface area contributed by atoms with Gasteiger partial charge in [-0.25, -0.2) is 9.48 Å². The van der Waals surface area contributed by atoms with Crippen LogP contribution in [0.15, 0.2) is 29.1 Å². The van der Waals surface area contributed by atoms with Gasteiger partial charge in [0.1, 0.15) is 0 Å². The fourth-order valence-electron chi connectivity index (χ4n) is 2.49. The zero-order valence-corrected chi connectivity index (χ0v) is 15.1. The quantitative estimate of drug-likeness (QED) is 0.770. The van der Waals surface area contributed by atoms with Crippen LogP contribution in [-0.2, 0) is 16.1 Å². The van der Waals surface area contributed by atoms with Crippen LogP contribution in [0.1, 0.15) is 31.3 Å². The monoisotopic (exact) mass is 345 g/mol. The Morgan fingerprint density at radius 2 is 1.76 bits per heavy atom. The summed E-state index contributed by atoms with van der Waals surface area (Å²) in [6.45, 7) is 5.81. The van der Waals surface area contributed by atoms with Crippen molar-refractivity contribution in [3.05, 3.63) is 40.3 Å². The predicted molar refractivity (Wildman–Crippen MR) is 94.4 cm³/mol. The first-order valence-corrected chi connectivity index (χ1v) is 8.14. The number of rotatable bonds is 5. The van der Waals surface area contributed by atoms with Gasteiger partial charge < -0.3 is 9.64 Å². The Balaban J connectivity index is 2.49. The molecule has 2 rings (SSSR count). The number of carbonyl (C=O) groups excluding carboxylic acids is 2. The van der Waals surface area contributed by atoms with Crippen LogP contribution >= 0.6 is 0 Å². The molecule has 0 aliphatic heterocycles. The molecule has 2 aromatic rings. The third kappa shape index (κ3) is 4.04. The largest absolute Gasteiger partial charge is 0.448 e. The van der Waals surface area contributed by atoms with Gasteiger partial charge in [-0.1, -0.05) is 32.0 Å². The topological polar surface area (TPSA) is 81.5 Å². The maximum atomic E-state index is 12.6. The molecule has 0 aliphatic rings. The highest BCUT2D eigenvalue weighted by atomic mass is 16.5. The van der Waals surface area contributed by atoms with E-state index in [4.69, 9.17) is 4.74 Å². The lowest BCUT2D eigenvalue weighted by molar-refractivity contribution is -0.137. The molecule has 25 heavy (non-hydrogen) atoms. The van der Waals surface area contributed by atoms with Crippen LogP contribution in [0.25, 0.3) is 10.8 Å². The van der Waals surface area contributed by atoms with Crippen LogP contribution < -0.4 is 5.56 Å². The molecule has 134 valence electrons. The third-order valence-electron chi connectivity index (χ3n) is 3.67. The molecule has 1 heterocycles. The summed E-state index contributed by atoms with van der Waals surface area (Å²) in [5.41, 5.74) is -0.215. The zero-order chi connectivity index (χ0) is 18.7. The first-order valence-electron chi connectivity index (χ1n) is 8.14. The summed E-state index contributed by atoms with van der Waals surface area (Å²) in [7, 11) is 3.17. The number of ether oxygens (including phenoxy) is 1. The molecule has 0 N–H and O–H groups in total. The maximum absolute atomic E-state index is 12.6. The molecule has 7 heteroatoms. The minimum atomic E-state index is -0.937. The van der Waals surface area contributed by atoms with Crippen LogP contribution in [0, 0.1) is 5.92 Å². The van der Waals surface area contributed by atoms with Crippen LogP contribution in [0.4, 0.5) is 0 Å². The highest BCUT2D eigenvalue weighted by molar-refractivity contribution is 6.02. The Morgan fingerprint density at radius 1 is 1.16 bits per heavy atom. The fourth-order valence-corrected chi connectivity index (χ4v) is 2.49. The van der Waals surface area contributed by atoms with Crippen molar-refractivity contribution in [2.45, 2.75) is 33.4 Å². The minimum Gasteiger partial charge on any atom is -0.448 e. The molecule has 7 nitrogen and oxygen atoms in total. The van der Waals surface area contributed by atoms with Gasteiger partial charge >= 0.3 is 5.97 Å². The second-order valence-electron chi connectivity index (χ2n) is 6.56. The maximum Gasteiger partial charge on any atom is 0.360 e. The molecule has 0 unspecified atom stereocenters. The van der Waals surface area contributed by atoms with Gasteiger partial charge in [0.15, 0.2) is 11.8 Å². The first kappa shape index (κ1) is 18.6. The van der Waals surface area contributed by atoms with E-state index in [-0.39, 0.29) is 23.1 Å². The number of hydrogen-bond donors (Lipinski definition) is 0. The van der Waals surface area contributed by atoms with Crippen molar-refractivity contribution in [3.8, 4) is 0 Å². The van der Waals surface area contributed by atoms with Crippen molar-refractivity contribution in [1.29, 1.82) is 0 Å². The number of likely N-dealkylation sites (N-methyl/N-ethyl adjacent to an activating group) is 1. The average Bonchev–Trinajstić information content (AvgIpc) is 2.56. The predicted octanol–water partition coefficient (Wildman–Crippen LogP) is 1.69. The summed E-state index contributed by atoms with van der Waals surface area (Å²) >= 11 is 0. The van der Waals surface area contributed by atoms with E-state index in [0.29, 0.717) is 17.3 Å². The minimum absolute atomic E-state index is 0.0363. The lowest BCUT2D eigenvalue weighted by Crippen LogP contribution is -2.35. The van der Waals surface area contributed by atoms with Gasteiger partial charge in [-0.2, -0.15) is 5.10 Å². The first-order chi connectivity index (χ1) is 11.7. The Labute approximate surface area is 146 Å². The average molecular weight is 345 g/mol. The Hall–Kier alpha value is -2.70. The molecule has 0 bridgehead atoms. The number of benzene rings is 1. The number of nitrogens with zero attached hydrogens (tertiary/aromatic N) is 3. The fraction of sp³-hybridized carbons (Fsp3) is 0.444. The standard InChI is InChI=1S/C18H23N3O4/c1-11(2)10-21-17(23)14-9-7-6-8-13(14)15(19-21)18(24)25-12(3)16(22)20(4)5/h6-9,11-12H,10H2,1-5H3/t12-/m0/s1. The lowest BCUT2D eigenvalue weighted by atomic mass is 10.1. The zero-order valence-electron chi connectivity index (χ0n) is 15.1. The third-order valence-corrected chi connectivity index (χ3v) is 3.67. The van der Waals surface area contributed by atoms with Gasteiger partial charge in [0.2, 0.25) is 0 Å². The smallest absolute Gasteiger partial charge is 0.360 e. The molecule has 0 aliphatic carbocycles. The molecule has 1 aromatic heterocycles. The molecule has 0 radical (unpaired) electrons. The van der Waals surface area contributed by atoms with E-state index in [1.807, 2.05) is 13.8 Å². The van der Waals surface area contributed by atoms with Gasteiger partial charge in [-0.05, 0) is 18.9 Å². The van der Waals surface area contributed by atoms with E-state index in [9.17, 15) is 14.4 Å². The number of amides is 1. The van der Waals surface area contributed by atoms with Crippen LogP contribution in [0.5, 0.6) is 0 Å². The second kappa shape index (κ2) is 7.46. The molecule has 1 aromatic carbocycles. The number of esters is 1. The summed E-state index contributed by atoms with van der Waals surface area (Å²) in [6, 6.07) is 6.76. The van der Waals surface area contributed by atoms with Crippen molar-refractivity contribution >= 4 is 22.6 Å². The van der Waals surface area contributed by atoms with Crippen LogP contribution in [0.3, 0.4) is 0 Å². The summed E-state index contributed by atoms with van der Waals surface area (Å²) in [4.78, 5) is 38.4. The number of fused-ring (bicyclic) bond motifs is 1. The van der Waals surface area contributed by atoms with E-state index >= 15 is 0 Å². The number of carbonyl (C=O) groups is 2. The van der Waals surface area contributed by atoms with Gasteiger partial charge in [-0.15, -0.1) is 0 Å². The molecular formula is C18H23N3O4. The van der Waals surface area contributed by atoms with E-state index < -0.39 is 12.1 Å². The summed E-state index contributed by atoms with van der Waals surface area (Å²) < 4.78 is 6.54. The summed E-state index contributed by atoms with van der Waals surface area (Å²) in [6.07, 6.45) is -0.937. The highest BCUT2D eigenvalue weighted by Gasteiger charge is 2.24. The Morgan fingerprint density at radius 3 is 2.32 bits per heavy atom. The molecular weight excluding hydrogens is 322 g/mol. The lowest BCUT2D eigenvalue weighted by Gasteiger charge is -2.18. The van der Waals surface area contributed by atoms with Gasteiger partial charge in [0.25, 0.3) is 11.5 Å². The molecule has 0 saturated heterocycles. The molecule has 0 spiro atoms. The summed E-state index contributed by atoms with van der Waals surface area (Å²) in [5.74, 6) is -0.867. The molecule has 1 atom stereocenters. The second-order valence-corrected chi connectivity index (χ2v) is 6.56. The van der Waals surface area contributed by atoms with Crippen molar-refractivity contribution in [2.75, 3.05) is 14.1 Å². The van der Waals surface area contributed by atoms with E-state index in [1.54, 1.807) is 38.4 Å². The number of aromatic nitrogens is 2. The molecule has 1 amide bonds. The highest BCUT2D eigenvalue weighted by Crippen LogP contribution is 2.15. The van der Waals surface area contributed by atoms with Crippen molar-refractivity contribution in [2.24, 2.45) is 5.92 Å². The van der Waals surface area contributed by atoms with Crippen LogP contribution in [0.2, 0.25) is 0 Å². The molecule has 0 saturated carbocycles. The summed E-state index contributed by atoms with van der Waals surface area (Å²) in [5, 5.41) is 5.02. The van der Waals surface area contributed by atoms with E-state index in [2.05, 4.69) is 5.10 Å². The van der Waals surface area contributed by atoms with E-state index in [0.717, 1.165) is 0 Å². The van der Waals surface area contributed by atoms with Crippen molar-refractivity contribution < 1.29 is 14.3 Å². The SMILES string of the molecule is CC(C)Cn1nc(C(=O)O[C@@H](C)C(=O)N(C)C)c2ccccc2c1=O. The van der Waals surface area contributed by atoms with Gasteiger partial charge in [-0.3, -0.25) is 9.59 Å². The Bertz CT molecular complexity index is 855. The van der Waals surface area contributed by atoms with E-state index in [1.165, 1.54) is 16.5 Å². The molecule has 0 fully saturated rings. The van der Waals surface area contributed by atoms with Crippen molar-refractivity contribution in [3.63, 3.8) is 0 Å². The van der Waals surface area contributed by atoms with Gasteiger partial charge in [0, 0.05) is 26.0 Å².